The van der Waals surface area contributed by atoms with Crippen LogP contribution in [0.2, 0.25) is 0 Å². The van der Waals surface area contributed by atoms with Crippen LogP contribution >= 0.6 is 0 Å². The summed E-state index contributed by atoms with van der Waals surface area (Å²) in [5, 5.41) is 20.8. The van der Waals surface area contributed by atoms with Crippen LogP contribution in [0.4, 0.5) is 5.69 Å². The molecule has 2 heterocycles. The highest BCUT2D eigenvalue weighted by molar-refractivity contribution is 5.94. The third-order valence-corrected chi connectivity index (χ3v) is 4.38. The number of nitro benzene ring substituents is 1. The maximum Gasteiger partial charge on any atom is 0.341 e. The van der Waals surface area contributed by atoms with E-state index in [9.17, 15) is 24.8 Å². The molecule has 1 aliphatic rings. The zero-order valence-electron chi connectivity index (χ0n) is 13.0. The van der Waals surface area contributed by atoms with E-state index in [1.54, 1.807) is 39.7 Å². The van der Waals surface area contributed by atoms with Crippen molar-refractivity contribution in [2.75, 3.05) is 0 Å². The Morgan fingerprint density at radius 3 is 2.48 bits per heavy atom. The minimum Gasteiger partial charge on any atom is -0.477 e. The van der Waals surface area contributed by atoms with Gasteiger partial charge in [-0.05, 0) is 31.0 Å². The number of carbonyl (C=O) groups is 1. The van der Waals surface area contributed by atoms with Gasteiger partial charge in [0.1, 0.15) is 11.3 Å². The van der Waals surface area contributed by atoms with Gasteiger partial charge < -0.3 is 14.2 Å². The van der Waals surface area contributed by atoms with Crippen LogP contribution < -0.4 is 5.43 Å². The molecule has 1 fully saturated rings. The van der Waals surface area contributed by atoms with Crippen molar-refractivity contribution in [1.29, 1.82) is 0 Å². The summed E-state index contributed by atoms with van der Waals surface area (Å²) in [7, 11) is 0. The number of benzene rings is 1. The van der Waals surface area contributed by atoms with Gasteiger partial charge in [-0.25, -0.2) is 4.79 Å². The Kier molecular flexibility index (Phi) is 3.21. The van der Waals surface area contributed by atoms with Crippen LogP contribution in [0.3, 0.4) is 0 Å². The van der Waals surface area contributed by atoms with Crippen LogP contribution in [0.15, 0.2) is 47.7 Å². The summed E-state index contributed by atoms with van der Waals surface area (Å²) < 4.78 is 3.35. The molecule has 1 saturated carbocycles. The second kappa shape index (κ2) is 5.30. The average molecular weight is 339 g/mol. The van der Waals surface area contributed by atoms with Crippen molar-refractivity contribution in [1.82, 2.24) is 9.13 Å². The molecule has 25 heavy (non-hydrogen) atoms. The standard InChI is InChI=1S/C17H13N3O5/c21-16-11-7-15(20(24)25)14(18-5-1-2-6-18)8-13(11)19(10-3-4-10)9-12(16)17(22)23/h1-2,5-10H,3-4H2,(H,22,23). The van der Waals surface area contributed by atoms with Crippen molar-refractivity contribution in [3.05, 3.63) is 68.8 Å². The highest BCUT2D eigenvalue weighted by Crippen LogP contribution is 2.38. The number of nitrogens with zero attached hydrogens (tertiary/aromatic N) is 3. The molecular formula is C17H13N3O5. The molecule has 0 saturated heterocycles. The quantitative estimate of drug-likeness (QED) is 0.581. The van der Waals surface area contributed by atoms with Gasteiger partial charge in [-0.15, -0.1) is 0 Å². The summed E-state index contributed by atoms with van der Waals surface area (Å²) >= 11 is 0. The Bertz CT molecular complexity index is 1080. The van der Waals surface area contributed by atoms with Gasteiger partial charge in [0.05, 0.1) is 15.8 Å². The second-order valence-corrected chi connectivity index (χ2v) is 6.02. The summed E-state index contributed by atoms with van der Waals surface area (Å²) in [6.07, 6.45) is 6.47. The molecule has 0 spiro atoms. The van der Waals surface area contributed by atoms with Gasteiger partial charge in [0, 0.05) is 30.7 Å². The number of rotatable bonds is 4. The molecule has 2 aromatic heterocycles. The number of pyridine rings is 1. The first-order valence-electron chi connectivity index (χ1n) is 7.71. The first-order chi connectivity index (χ1) is 12.0. The van der Waals surface area contributed by atoms with E-state index in [0.717, 1.165) is 12.8 Å². The summed E-state index contributed by atoms with van der Waals surface area (Å²) in [5.74, 6) is -1.33. The highest BCUT2D eigenvalue weighted by Gasteiger charge is 2.28. The lowest BCUT2D eigenvalue weighted by molar-refractivity contribution is -0.384. The van der Waals surface area contributed by atoms with Gasteiger partial charge >= 0.3 is 5.97 Å². The Labute approximate surface area is 140 Å². The topological polar surface area (TPSA) is 107 Å². The van der Waals surface area contributed by atoms with Crippen molar-refractivity contribution < 1.29 is 14.8 Å². The second-order valence-electron chi connectivity index (χ2n) is 6.02. The lowest BCUT2D eigenvalue weighted by Crippen LogP contribution is -2.19. The van der Waals surface area contributed by atoms with Gasteiger partial charge in [-0.3, -0.25) is 14.9 Å². The zero-order valence-corrected chi connectivity index (χ0v) is 13.0. The van der Waals surface area contributed by atoms with E-state index in [-0.39, 0.29) is 22.7 Å². The Balaban J connectivity index is 2.13. The number of hydrogen-bond donors (Lipinski definition) is 1. The highest BCUT2D eigenvalue weighted by atomic mass is 16.6. The number of fused-ring (bicyclic) bond motifs is 1. The van der Waals surface area contributed by atoms with Crippen LogP contribution in [-0.2, 0) is 0 Å². The maximum absolute atomic E-state index is 12.5. The van der Waals surface area contributed by atoms with Gasteiger partial charge in [0.25, 0.3) is 5.69 Å². The Morgan fingerprint density at radius 2 is 1.92 bits per heavy atom. The number of carboxylic acid groups (broad SMARTS) is 1. The normalized spacial score (nSPS) is 13.9. The molecule has 0 amide bonds. The summed E-state index contributed by atoms with van der Waals surface area (Å²) in [6, 6.07) is 6.36. The zero-order chi connectivity index (χ0) is 17.7. The van der Waals surface area contributed by atoms with Crippen molar-refractivity contribution >= 4 is 22.6 Å². The summed E-state index contributed by atoms with van der Waals surface area (Å²) in [6.45, 7) is 0. The fraction of sp³-hybridized carbons (Fsp3) is 0.176. The monoisotopic (exact) mass is 339 g/mol. The lowest BCUT2D eigenvalue weighted by Gasteiger charge is -2.13. The van der Waals surface area contributed by atoms with Crippen LogP contribution in [-0.4, -0.2) is 25.1 Å². The van der Waals surface area contributed by atoms with Crippen molar-refractivity contribution in [2.24, 2.45) is 0 Å². The lowest BCUT2D eigenvalue weighted by atomic mass is 10.1. The summed E-state index contributed by atoms with van der Waals surface area (Å²) in [5.41, 5.74) is -0.485. The number of carboxylic acids is 1. The fourth-order valence-corrected chi connectivity index (χ4v) is 3.03. The van der Waals surface area contributed by atoms with E-state index in [1.807, 2.05) is 0 Å². The third-order valence-electron chi connectivity index (χ3n) is 4.38. The molecule has 8 heteroatoms. The van der Waals surface area contributed by atoms with Gasteiger partial charge in [0.15, 0.2) is 0 Å². The van der Waals surface area contributed by atoms with Crippen LogP contribution in [0.25, 0.3) is 16.6 Å². The number of hydrogen-bond acceptors (Lipinski definition) is 4. The predicted molar refractivity (Wildman–Crippen MR) is 89.4 cm³/mol. The van der Waals surface area contributed by atoms with E-state index >= 15 is 0 Å². The van der Waals surface area contributed by atoms with E-state index in [0.29, 0.717) is 11.2 Å². The Hall–Kier alpha value is -3.42. The van der Waals surface area contributed by atoms with E-state index in [4.69, 9.17) is 0 Å². The third kappa shape index (κ3) is 2.38. The molecule has 1 N–H and O–H groups in total. The van der Waals surface area contributed by atoms with Crippen molar-refractivity contribution in [2.45, 2.75) is 18.9 Å². The number of aromatic carboxylic acids is 1. The largest absolute Gasteiger partial charge is 0.477 e. The van der Waals surface area contributed by atoms with Crippen molar-refractivity contribution in [3.8, 4) is 5.69 Å². The smallest absolute Gasteiger partial charge is 0.341 e. The molecule has 1 aliphatic carbocycles. The average Bonchev–Trinajstić information content (AvgIpc) is 3.27. The molecule has 0 radical (unpaired) electrons. The van der Waals surface area contributed by atoms with Crippen LogP contribution in [0, 0.1) is 10.1 Å². The van der Waals surface area contributed by atoms with Gasteiger partial charge in [-0.2, -0.15) is 0 Å². The Morgan fingerprint density at radius 1 is 1.24 bits per heavy atom. The molecule has 3 aromatic rings. The molecule has 0 atom stereocenters. The molecule has 0 bridgehead atoms. The molecule has 126 valence electrons. The minimum absolute atomic E-state index is 0.0504. The van der Waals surface area contributed by atoms with Crippen LogP contribution in [0.5, 0.6) is 0 Å². The van der Waals surface area contributed by atoms with Gasteiger partial charge in [0.2, 0.25) is 5.43 Å². The number of nitro groups is 1. The molecule has 8 nitrogen and oxygen atoms in total. The molecule has 0 unspecified atom stereocenters. The van der Waals surface area contributed by atoms with E-state index in [2.05, 4.69) is 0 Å². The minimum atomic E-state index is -1.33. The molecule has 4 rings (SSSR count). The summed E-state index contributed by atoms with van der Waals surface area (Å²) in [4.78, 5) is 34.8. The fourth-order valence-electron chi connectivity index (χ4n) is 3.03. The molecule has 0 aliphatic heterocycles. The van der Waals surface area contributed by atoms with Crippen LogP contribution in [0.1, 0.15) is 29.2 Å². The number of aromatic nitrogens is 2. The maximum atomic E-state index is 12.5. The first-order valence-corrected chi connectivity index (χ1v) is 7.71. The SMILES string of the molecule is O=C(O)c1cn(C2CC2)c2cc(-n3cccc3)c([N+](=O)[O-])cc2c1=O. The van der Waals surface area contributed by atoms with E-state index in [1.165, 1.54) is 12.3 Å². The van der Waals surface area contributed by atoms with Gasteiger partial charge in [-0.1, -0.05) is 0 Å². The van der Waals surface area contributed by atoms with Crippen molar-refractivity contribution in [3.63, 3.8) is 0 Å². The molecule has 1 aromatic carbocycles. The van der Waals surface area contributed by atoms with E-state index < -0.39 is 16.3 Å². The first kappa shape index (κ1) is 15.1. The predicted octanol–water partition coefficient (Wildman–Crippen LogP) is 2.73. The molecular weight excluding hydrogens is 326 g/mol.